The second kappa shape index (κ2) is 3.96. The maximum absolute atomic E-state index is 11.8. The van der Waals surface area contributed by atoms with E-state index in [1.54, 1.807) is 0 Å². The van der Waals surface area contributed by atoms with Gasteiger partial charge in [0.1, 0.15) is 5.69 Å². The van der Waals surface area contributed by atoms with E-state index in [1.165, 1.54) is 7.11 Å². The number of ether oxygens (including phenoxy) is 1. The van der Waals surface area contributed by atoms with Gasteiger partial charge in [0, 0.05) is 11.2 Å². The Morgan fingerprint density at radius 2 is 1.62 bits per heavy atom. The topological polar surface area (TPSA) is 31.2 Å². The summed E-state index contributed by atoms with van der Waals surface area (Å²) in [7, 11) is 1.42. The van der Waals surface area contributed by atoms with Gasteiger partial charge >= 0.3 is 5.97 Å². The molecule has 1 rings (SSSR count). The predicted octanol–water partition coefficient (Wildman–Crippen LogP) is 2.95. The molecule has 0 bridgehead atoms. The minimum Gasteiger partial charge on any atom is -0.464 e. The van der Waals surface area contributed by atoms with Crippen molar-refractivity contribution in [2.24, 2.45) is 0 Å². The van der Waals surface area contributed by atoms with Crippen LogP contribution in [0.4, 0.5) is 0 Å². The van der Waals surface area contributed by atoms with Crippen LogP contribution in [0.5, 0.6) is 0 Å². The van der Waals surface area contributed by atoms with Gasteiger partial charge in [-0.2, -0.15) is 0 Å². The monoisotopic (exact) mass is 223 g/mol. The van der Waals surface area contributed by atoms with E-state index < -0.39 is 0 Å². The summed E-state index contributed by atoms with van der Waals surface area (Å²) in [5.41, 5.74) is 3.86. The fourth-order valence-electron chi connectivity index (χ4n) is 2.13. The van der Waals surface area contributed by atoms with E-state index in [-0.39, 0.29) is 11.5 Å². The van der Waals surface area contributed by atoms with Crippen molar-refractivity contribution in [3.8, 4) is 0 Å². The summed E-state index contributed by atoms with van der Waals surface area (Å²) < 4.78 is 6.92. The van der Waals surface area contributed by atoms with Crippen LogP contribution in [-0.4, -0.2) is 17.6 Å². The summed E-state index contributed by atoms with van der Waals surface area (Å²) in [5, 5.41) is 0. The average Bonchev–Trinajstić information content (AvgIpc) is 2.40. The Labute approximate surface area is 97.4 Å². The third-order valence-corrected chi connectivity index (χ3v) is 3.07. The molecule has 0 radical (unpaired) electrons. The minimum atomic E-state index is -0.261. The molecule has 3 nitrogen and oxygen atoms in total. The van der Waals surface area contributed by atoms with E-state index >= 15 is 0 Å². The van der Waals surface area contributed by atoms with Gasteiger partial charge in [-0.15, -0.1) is 0 Å². The quantitative estimate of drug-likeness (QED) is 0.685. The summed E-state index contributed by atoms with van der Waals surface area (Å²) in [6, 6.07) is 0. The number of methoxy groups -OCH3 is 1. The molecule has 0 saturated carbocycles. The van der Waals surface area contributed by atoms with Gasteiger partial charge in [0.25, 0.3) is 0 Å². The maximum atomic E-state index is 11.8. The number of hydrogen-bond acceptors (Lipinski definition) is 2. The minimum absolute atomic E-state index is 0.118. The molecule has 0 N–H and O–H groups in total. The number of esters is 1. The lowest BCUT2D eigenvalue weighted by Gasteiger charge is -2.26. The van der Waals surface area contributed by atoms with Crippen molar-refractivity contribution in [3.63, 3.8) is 0 Å². The molecule has 0 amide bonds. The zero-order valence-corrected chi connectivity index (χ0v) is 11.3. The standard InChI is InChI=1S/C13H21NO2/c1-8-9(2)11(12(15)16-7)14(10(8)3)13(4,5)6/h1-7H3. The fourth-order valence-corrected chi connectivity index (χ4v) is 2.13. The fraction of sp³-hybridized carbons (Fsp3) is 0.615. The van der Waals surface area contributed by atoms with Crippen molar-refractivity contribution in [1.29, 1.82) is 0 Å². The lowest BCUT2D eigenvalue weighted by Crippen LogP contribution is -2.27. The molecule has 0 atom stereocenters. The highest BCUT2D eigenvalue weighted by Gasteiger charge is 2.27. The average molecular weight is 223 g/mol. The molecule has 3 heteroatoms. The van der Waals surface area contributed by atoms with E-state index in [0.29, 0.717) is 5.69 Å². The highest BCUT2D eigenvalue weighted by molar-refractivity contribution is 5.90. The first-order valence-corrected chi connectivity index (χ1v) is 5.49. The molecule has 0 unspecified atom stereocenters. The van der Waals surface area contributed by atoms with E-state index in [4.69, 9.17) is 4.74 Å². The van der Waals surface area contributed by atoms with Gasteiger partial charge in [0.2, 0.25) is 0 Å². The van der Waals surface area contributed by atoms with Crippen LogP contribution in [0.1, 0.15) is 48.1 Å². The van der Waals surface area contributed by atoms with Gasteiger partial charge in [0.15, 0.2) is 0 Å². The zero-order valence-electron chi connectivity index (χ0n) is 11.3. The predicted molar refractivity (Wildman–Crippen MR) is 65.0 cm³/mol. The van der Waals surface area contributed by atoms with Crippen LogP contribution in [0.2, 0.25) is 0 Å². The lowest BCUT2D eigenvalue weighted by atomic mass is 10.1. The Kier molecular flexibility index (Phi) is 3.17. The van der Waals surface area contributed by atoms with Crippen molar-refractivity contribution in [2.45, 2.75) is 47.1 Å². The van der Waals surface area contributed by atoms with Crippen LogP contribution in [-0.2, 0) is 10.3 Å². The Balaban J connectivity index is 3.58. The first-order chi connectivity index (χ1) is 7.21. The van der Waals surface area contributed by atoms with Crippen LogP contribution in [0.3, 0.4) is 0 Å². The molecule has 0 fully saturated rings. The molecule has 90 valence electrons. The number of aromatic nitrogens is 1. The zero-order chi connectivity index (χ0) is 12.7. The molecule has 0 aliphatic heterocycles. The second-order valence-corrected chi connectivity index (χ2v) is 5.18. The molecule has 1 aromatic heterocycles. The summed E-state index contributed by atoms with van der Waals surface area (Å²) in [4.78, 5) is 11.8. The van der Waals surface area contributed by atoms with Crippen LogP contribution in [0, 0.1) is 20.8 Å². The van der Waals surface area contributed by atoms with Crippen molar-refractivity contribution in [3.05, 3.63) is 22.5 Å². The third kappa shape index (κ3) is 1.86. The smallest absolute Gasteiger partial charge is 0.354 e. The second-order valence-electron chi connectivity index (χ2n) is 5.18. The van der Waals surface area contributed by atoms with Gasteiger partial charge < -0.3 is 9.30 Å². The van der Waals surface area contributed by atoms with Gasteiger partial charge in [-0.3, -0.25) is 0 Å². The van der Waals surface area contributed by atoms with E-state index in [9.17, 15) is 4.79 Å². The van der Waals surface area contributed by atoms with Gasteiger partial charge in [0.05, 0.1) is 7.11 Å². The van der Waals surface area contributed by atoms with Gasteiger partial charge in [-0.25, -0.2) is 4.79 Å². The molecular formula is C13H21NO2. The molecule has 0 aliphatic carbocycles. The first-order valence-electron chi connectivity index (χ1n) is 5.49. The van der Waals surface area contributed by atoms with Crippen LogP contribution >= 0.6 is 0 Å². The Morgan fingerprint density at radius 3 is 2.00 bits per heavy atom. The van der Waals surface area contributed by atoms with E-state index in [0.717, 1.165) is 16.8 Å². The third-order valence-electron chi connectivity index (χ3n) is 3.07. The number of carbonyl (C=O) groups is 1. The summed E-state index contributed by atoms with van der Waals surface area (Å²) in [5.74, 6) is -0.261. The van der Waals surface area contributed by atoms with Crippen molar-refractivity contribution >= 4 is 5.97 Å². The molecule has 1 heterocycles. The van der Waals surface area contributed by atoms with Crippen LogP contribution in [0.25, 0.3) is 0 Å². The molecule has 0 spiro atoms. The molecule has 16 heavy (non-hydrogen) atoms. The van der Waals surface area contributed by atoms with Gasteiger partial charge in [-0.1, -0.05) is 0 Å². The highest BCUT2D eigenvalue weighted by Crippen LogP contribution is 2.28. The molecule has 0 saturated heterocycles. The lowest BCUT2D eigenvalue weighted by molar-refractivity contribution is 0.0580. The Bertz CT molecular complexity index is 422. The highest BCUT2D eigenvalue weighted by atomic mass is 16.5. The van der Waals surface area contributed by atoms with E-state index in [2.05, 4.69) is 25.3 Å². The van der Waals surface area contributed by atoms with Crippen molar-refractivity contribution in [2.75, 3.05) is 7.11 Å². The summed E-state index contributed by atoms with van der Waals surface area (Å²) >= 11 is 0. The number of nitrogens with zero attached hydrogens (tertiary/aromatic N) is 1. The van der Waals surface area contributed by atoms with E-state index in [1.807, 2.05) is 20.8 Å². The largest absolute Gasteiger partial charge is 0.464 e. The van der Waals surface area contributed by atoms with Crippen LogP contribution in [0.15, 0.2) is 0 Å². The Hall–Kier alpha value is -1.25. The first kappa shape index (κ1) is 12.8. The summed E-state index contributed by atoms with van der Waals surface area (Å²) in [6.45, 7) is 12.3. The number of carbonyl (C=O) groups excluding carboxylic acids is 1. The molecule has 1 aromatic rings. The SMILES string of the molecule is COC(=O)c1c(C)c(C)c(C)n1C(C)(C)C. The number of hydrogen-bond donors (Lipinski definition) is 0. The van der Waals surface area contributed by atoms with Gasteiger partial charge in [-0.05, 0) is 52.7 Å². The van der Waals surface area contributed by atoms with Crippen LogP contribution < -0.4 is 0 Å². The Morgan fingerprint density at radius 1 is 1.12 bits per heavy atom. The van der Waals surface area contributed by atoms with Crippen molar-refractivity contribution in [1.82, 2.24) is 4.57 Å². The number of rotatable bonds is 1. The normalized spacial score (nSPS) is 11.7. The van der Waals surface area contributed by atoms with Crippen molar-refractivity contribution < 1.29 is 9.53 Å². The maximum Gasteiger partial charge on any atom is 0.354 e. The molecule has 0 aromatic carbocycles. The molecule has 0 aliphatic rings. The molecular weight excluding hydrogens is 202 g/mol. The summed E-state index contributed by atoms with van der Waals surface area (Å²) in [6.07, 6.45) is 0.